The smallest absolute Gasteiger partial charge is 0.223 e. The molecule has 1 aromatic heterocycles. The molecule has 3 rings (SSSR count). The molecule has 1 unspecified atom stereocenters. The SMILES string of the molecule is CCC(=O)N1CCC2(CC1)CC(c1noc(C)n1)N(C)C2. The second kappa shape index (κ2) is 5.40. The van der Waals surface area contributed by atoms with Crippen molar-refractivity contribution < 1.29 is 9.32 Å². The third-order valence-corrected chi connectivity index (χ3v) is 5.06. The van der Waals surface area contributed by atoms with E-state index in [0.717, 1.165) is 44.7 Å². The Kier molecular flexibility index (Phi) is 3.73. The van der Waals surface area contributed by atoms with Crippen molar-refractivity contribution in [2.45, 2.75) is 45.6 Å². The zero-order valence-electron chi connectivity index (χ0n) is 13.1. The number of carbonyl (C=O) groups excluding carboxylic acids is 1. The van der Waals surface area contributed by atoms with Crippen LogP contribution in [-0.2, 0) is 4.79 Å². The third-order valence-electron chi connectivity index (χ3n) is 5.06. The van der Waals surface area contributed by atoms with Gasteiger partial charge in [-0.2, -0.15) is 4.98 Å². The second-order valence-electron chi connectivity index (χ2n) is 6.54. The standard InChI is InChI=1S/C15H24N4O2/c1-4-13(20)19-7-5-15(6-8-19)9-12(18(3)10-15)14-16-11(2)21-17-14/h12H,4-10H2,1-3H3. The highest BCUT2D eigenvalue weighted by Gasteiger charge is 2.46. The van der Waals surface area contributed by atoms with Gasteiger partial charge in [-0.05, 0) is 31.7 Å². The van der Waals surface area contributed by atoms with Crippen molar-refractivity contribution in [3.05, 3.63) is 11.7 Å². The monoisotopic (exact) mass is 292 g/mol. The number of hydrogen-bond acceptors (Lipinski definition) is 5. The lowest BCUT2D eigenvalue weighted by Crippen LogP contribution is -2.43. The Morgan fingerprint density at radius 3 is 2.71 bits per heavy atom. The number of piperidine rings is 1. The van der Waals surface area contributed by atoms with Crippen LogP contribution in [0.2, 0.25) is 0 Å². The van der Waals surface area contributed by atoms with E-state index in [-0.39, 0.29) is 11.9 Å². The predicted molar refractivity (Wildman–Crippen MR) is 77.6 cm³/mol. The van der Waals surface area contributed by atoms with Crippen LogP contribution in [-0.4, -0.2) is 52.5 Å². The maximum atomic E-state index is 11.8. The van der Waals surface area contributed by atoms with Crippen molar-refractivity contribution in [1.29, 1.82) is 0 Å². The lowest BCUT2D eigenvalue weighted by atomic mass is 9.76. The molecule has 2 aliphatic heterocycles. The number of rotatable bonds is 2. The van der Waals surface area contributed by atoms with Crippen LogP contribution < -0.4 is 0 Å². The highest BCUT2D eigenvalue weighted by atomic mass is 16.5. The van der Waals surface area contributed by atoms with Gasteiger partial charge in [-0.15, -0.1) is 0 Å². The molecule has 0 aliphatic carbocycles. The summed E-state index contributed by atoms with van der Waals surface area (Å²) in [6, 6.07) is 0.246. The van der Waals surface area contributed by atoms with E-state index in [9.17, 15) is 4.79 Å². The number of amides is 1. The fraction of sp³-hybridized carbons (Fsp3) is 0.800. The van der Waals surface area contributed by atoms with Crippen molar-refractivity contribution in [3.63, 3.8) is 0 Å². The third kappa shape index (κ3) is 2.69. The fourth-order valence-corrected chi connectivity index (χ4v) is 3.82. The molecule has 1 amide bonds. The van der Waals surface area contributed by atoms with E-state index in [0.29, 0.717) is 17.7 Å². The van der Waals surface area contributed by atoms with Crippen LogP contribution in [0.25, 0.3) is 0 Å². The zero-order chi connectivity index (χ0) is 15.0. The normalized spacial score (nSPS) is 25.7. The number of aromatic nitrogens is 2. The summed E-state index contributed by atoms with van der Waals surface area (Å²) >= 11 is 0. The molecule has 2 aliphatic rings. The number of hydrogen-bond donors (Lipinski definition) is 0. The molecule has 0 aromatic carbocycles. The van der Waals surface area contributed by atoms with Gasteiger partial charge >= 0.3 is 0 Å². The quantitative estimate of drug-likeness (QED) is 0.831. The molecule has 21 heavy (non-hydrogen) atoms. The topological polar surface area (TPSA) is 62.5 Å². The lowest BCUT2D eigenvalue weighted by Gasteiger charge is -2.39. The van der Waals surface area contributed by atoms with E-state index in [4.69, 9.17) is 4.52 Å². The van der Waals surface area contributed by atoms with Gasteiger partial charge < -0.3 is 9.42 Å². The summed E-state index contributed by atoms with van der Waals surface area (Å²) in [5, 5.41) is 4.09. The van der Waals surface area contributed by atoms with Gasteiger partial charge in [-0.3, -0.25) is 9.69 Å². The van der Waals surface area contributed by atoms with E-state index in [1.165, 1.54) is 0 Å². The van der Waals surface area contributed by atoms with Gasteiger partial charge in [0.25, 0.3) is 0 Å². The van der Waals surface area contributed by atoms with Crippen LogP contribution in [0.3, 0.4) is 0 Å². The van der Waals surface area contributed by atoms with Crippen molar-refractivity contribution in [2.24, 2.45) is 5.41 Å². The molecule has 116 valence electrons. The Labute approximate surface area is 125 Å². The largest absolute Gasteiger partial charge is 0.343 e. The average molecular weight is 292 g/mol. The summed E-state index contributed by atoms with van der Waals surface area (Å²) in [6.07, 6.45) is 3.83. The summed E-state index contributed by atoms with van der Waals surface area (Å²) in [5.74, 6) is 1.71. The van der Waals surface area contributed by atoms with Gasteiger partial charge in [0.05, 0.1) is 6.04 Å². The molecule has 1 spiro atoms. The minimum absolute atomic E-state index is 0.246. The van der Waals surface area contributed by atoms with Crippen LogP contribution in [0, 0.1) is 12.3 Å². The molecule has 0 N–H and O–H groups in total. The van der Waals surface area contributed by atoms with Gasteiger partial charge in [0, 0.05) is 33.0 Å². The zero-order valence-corrected chi connectivity index (χ0v) is 13.1. The second-order valence-corrected chi connectivity index (χ2v) is 6.54. The van der Waals surface area contributed by atoms with E-state index in [1.807, 2.05) is 18.7 Å². The Morgan fingerprint density at radius 2 is 2.14 bits per heavy atom. The van der Waals surface area contributed by atoms with Crippen LogP contribution >= 0.6 is 0 Å². The summed E-state index contributed by atoms with van der Waals surface area (Å²) < 4.78 is 5.12. The summed E-state index contributed by atoms with van der Waals surface area (Å²) in [5.41, 5.74) is 0.304. The molecule has 3 heterocycles. The molecule has 6 nitrogen and oxygen atoms in total. The van der Waals surface area contributed by atoms with Gasteiger partial charge in [0.1, 0.15) is 0 Å². The highest BCUT2D eigenvalue weighted by Crippen LogP contribution is 2.47. The Hall–Kier alpha value is -1.43. The molecule has 6 heteroatoms. The van der Waals surface area contributed by atoms with E-state index in [1.54, 1.807) is 0 Å². The first-order valence-electron chi connectivity index (χ1n) is 7.81. The molecule has 0 saturated carbocycles. The first-order valence-corrected chi connectivity index (χ1v) is 7.81. The van der Waals surface area contributed by atoms with Crippen molar-refractivity contribution in [1.82, 2.24) is 19.9 Å². The minimum atomic E-state index is 0.246. The van der Waals surface area contributed by atoms with Crippen molar-refractivity contribution in [2.75, 3.05) is 26.7 Å². The molecule has 2 saturated heterocycles. The number of carbonyl (C=O) groups is 1. The molecule has 0 radical (unpaired) electrons. The average Bonchev–Trinajstić information content (AvgIpc) is 3.03. The summed E-state index contributed by atoms with van der Waals surface area (Å²) in [4.78, 5) is 20.5. The first-order chi connectivity index (χ1) is 10.0. The van der Waals surface area contributed by atoms with E-state index >= 15 is 0 Å². The Morgan fingerprint density at radius 1 is 1.43 bits per heavy atom. The van der Waals surface area contributed by atoms with Crippen LogP contribution in [0.5, 0.6) is 0 Å². The van der Waals surface area contributed by atoms with E-state index in [2.05, 4.69) is 22.1 Å². The van der Waals surface area contributed by atoms with Gasteiger partial charge in [0.2, 0.25) is 11.8 Å². The molecular formula is C15H24N4O2. The minimum Gasteiger partial charge on any atom is -0.343 e. The maximum absolute atomic E-state index is 11.8. The lowest BCUT2D eigenvalue weighted by molar-refractivity contribution is -0.133. The maximum Gasteiger partial charge on any atom is 0.223 e. The first kappa shape index (κ1) is 14.5. The number of likely N-dealkylation sites (tertiary alicyclic amines) is 2. The van der Waals surface area contributed by atoms with Crippen molar-refractivity contribution >= 4 is 5.91 Å². The van der Waals surface area contributed by atoms with Gasteiger partial charge in [0.15, 0.2) is 5.82 Å². The fourth-order valence-electron chi connectivity index (χ4n) is 3.82. The van der Waals surface area contributed by atoms with Gasteiger partial charge in [-0.1, -0.05) is 12.1 Å². The van der Waals surface area contributed by atoms with Crippen LogP contribution in [0.4, 0.5) is 0 Å². The number of nitrogens with zero attached hydrogens (tertiary/aromatic N) is 4. The van der Waals surface area contributed by atoms with Gasteiger partial charge in [-0.25, -0.2) is 0 Å². The Balaban J connectivity index is 1.67. The van der Waals surface area contributed by atoms with Crippen LogP contribution in [0.1, 0.15) is 50.4 Å². The molecule has 1 aromatic rings. The molecule has 2 fully saturated rings. The molecular weight excluding hydrogens is 268 g/mol. The summed E-state index contributed by atoms with van der Waals surface area (Å²) in [6.45, 7) is 6.59. The number of aryl methyl sites for hydroxylation is 1. The van der Waals surface area contributed by atoms with Crippen molar-refractivity contribution in [3.8, 4) is 0 Å². The van der Waals surface area contributed by atoms with Crippen LogP contribution in [0.15, 0.2) is 4.52 Å². The Bertz CT molecular complexity index is 519. The highest BCUT2D eigenvalue weighted by molar-refractivity contribution is 5.75. The molecule has 0 bridgehead atoms. The molecule has 1 atom stereocenters. The van der Waals surface area contributed by atoms with E-state index < -0.39 is 0 Å². The predicted octanol–water partition coefficient (Wildman–Crippen LogP) is 1.77. The summed E-state index contributed by atoms with van der Waals surface area (Å²) in [7, 11) is 2.13.